The molecule has 0 atom stereocenters. The van der Waals surface area contributed by atoms with Crippen LogP contribution in [0.4, 0.5) is 11.5 Å². The van der Waals surface area contributed by atoms with Crippen molar-refractivity contribution in [2.45, 2.75) is 51.5 Å². The second-order valence-electron chi connectivity index (χ2n) is 7.56. The average molecular weight is 370 g/mol. The van der Waals surface area contributed by atoms with E-state index < -0.39 is 0 Å². The van der Waals surface area contributed by atoms with Crippen molar-refractivity contribution in [3.05, 3.63) is 52.7 Å². The smallest absolute Gasteiger partial charge is 0.136 e. The van der Waals surface area contributed by atoms with E-state index >= 15 is 0 Å². The van der Waals surface area contributed by atoms with Crippen LogP contribution in [-0.4, -0.2) is 35.6 Å². The highest BCUT2D eigenvalue weighted by molar-refractivity contribution is 6.30. The van der Waals surface area contributed by atoms with Crippen LogP contribution in [0.3, 0.4) is 0 Å². The largest absolute Gasteiger partial charge is 0.323 e. The Morgan fingerprint density at radius 3 is 2.73 bits per heavy atom. The zero-order valence-corrected chi connectivity index (χ0v) is 16.4. The third kappa shape index (κ3) is 3.60. The van der Waals surface area contributed by atoms with Gasteiger partial charge in [-0.3, -0.25) is 0 Å². The van der Waals surface area contributed by atoms with Crippen LogP contribution >= 0.6 is 11.6 Å². The molecule has 2 aromatic rings. The van der Waals surface area contributed by atoms with Gasteiger partial charge in [0, 0.05) is 36.0 Å². The first kappa shape index (κ1) is 17.8. The summed E-state index contributed by atoms with van der Waals surface area (Å²) < 4.78 is 0. The fourth-order valence-corrected chi connectivity index (χ4v) is 4.56. The molecule has 26 heavy (non-hydrogen) atoms. The number of halogens is 1. The fourth-order valence-electron chi connectivity index (χ4n) is 4.37. The predicted octanol–water partition coefficient (Wildman–Crippen LogP) is 5.24. The van der Waals surface area contributed by atoms with Crippen LogP contribution in [0.1, 0.15) is 43.7 Å². The van der Waals surface area contributed by atoms with E-state index in [2.05, 4.69) is 41.0 Å². The molecule has 0 saturated carbocycles. The third-order valence-electron chi connectivity index (χ3n) is 5.81. The van der Waals surface area contributed by atoms with Gasteiger partial charge in [0.2, 0.25) is 0 Å². The van der Waals surface area contributed by atoms with Crippen molar-refractivity contribution in [3.63, 3.8) is 0 Å². The van der Waals surface area contributed by atoms with Crippen molar-refractivity contribution in [1.82, 2.24) is 9.88 Å². The van der Waals surface area contributed by atoms with Gasteiger partial charge in [-0.05, 0) is 74.0 Å². The van der Waals surface area contributed by atoms with Gasteiger partial charge in [0.05, 0.1) is 0 Å². The van der Waals surface area contributed by atoms with E-state index in [1.807, 2.05) is 12.3 Å². The van der Waals surface area contributed by atoms with Gasteiger partial charge in [0.25, 0.3) is 0 Å². The maximum Gasteiger partial charge on any atom is 0.136 e. The summed E-state index contributed by atoms with van der Waals surface area (Å²) in [6, 6.07) is 11.2. The van der Waals surface area contributed by atoms with Crippen LogP contribution in [0.25, 0.3) is 0 Å². The highest BCUT2D eigenvalue weighted by atomic mass is 35.5. The monoisotopic (exact) mass is 369 g/mol. The number of unbranched alkanes of at least 4 members (excludes halogenated alkanes) is 1. The molecule has 0 aliphatic carbocycles. The SMILES string of the molecule is CCCCN1CCC(N2c3ccc(Cl)cc3CCc3cccnc32)CC1. The summed E-state index contributed by atoms with van der Waals surface area (Å²) in [5, 5.41) is 0.831. The maximum absolute atomic E-state index is 6.30. The molecule has 4 rings (SSSR count). The molecule has 0 radical (unpaired) electrons. The minimum atomic E-state index is 0.513. The van der Waals surface area contributed by atoms with Crippen molar-refractivity contribution in [2.24, 2.45) is 0 Å². The number of piperidine rings is 1. The van der Waals surface area contributed by atoms with Crippen molar-refractivity contribution in [1.29, 1.82) is 0 Å². The Morgan fingerprint density at radius 2 is 1.92 bits per heavy atom. The number of anilines is 2. The Morgan fingerprint density at radius 1 is 1.12 bits per heavy atom. The number of aryl methyl sites for hydroxylation is 2. The molecule has 0 bridgehead atoms. The van der Waals surface area contributed by atoms with Crippen molar-refractivity contribution in [2.75, 3.05) is 24.5 Å². The molecule has 3 nitrogen and oxygen atoms in total. The molecule has 1 aromatic heterocycles. The first-order chi connectivity index (χ1) is 12.8. The zero-order valence-electron chi connectivity index (χ0n) is 15.6. The van der Waals surface area contributed by atoms with Crippen molar-refractivity contribution < 1.29 is 0 Å². The molecule has 1 fully saturated rings. The first-order valence-corrected chi connectivity index (χ1v) is 10.4. The summed E-state index contributed by atoms with van der Waals surface area (Å²) in [6.07, 6.45) is 8.97. The lowest BCUT2D eigenvalue weighted by molar-refractivity contribution is 0.210. The second-order valence-corrected chi connectivity index (χ2v) is 7.99. The molecule has 3 heterocycles. The molecule has 0 N–H and O–H groups in total. The van der Waals surface area contributed by atoms with Crippen LogP contribution in [0.2, 0.25) is 5.02 Å². The van der Waals surface area contributed by atoms with E-state index in [1.54, 1.807) is 0 Å². The number of pyridine rings is 1. The topological polar surface area (TPSA) is 19.4 Å². The molecule has 0 spiro atoms. The molecule has 0 amide bonds. The van der Waals surface area contributed by atoms with E-state index in [0.29, 0.717) is 6.04 Å². The van der Waals surface area contributed by atoms with Crippen LogP contribution in [0.15, 0.2) is 36.5 Å². The van der Waals surface area contributed by atoms with Crippen LogP contribution in [-0.2, 0) is 12.8 Å². The number of benzene rings is 1. The Hall–Kier alpha value is -1.58. The van der Waals surface area contributed by atoms with Gasteiger partial charge in [-0.25, -0.2) is 4.98 Å². The quantitative estimate of drug-likeness (QED) is 0.735. The minimum absolute atomic E-state index is 0.513. The Bertz CT molecular complexity index is 753. The molecular formula is C22H28ClN3. The molecule has 138 valence electrons. The average Bonchev–Trinajstić information content (AvgIpc) is 2.83. The summed E-state index contributed by atoms with van der Waals surface area (Å²) in [4.78, 5) is 9.95. The molecule has 2 aliphatic rings. The van der Waals surface area contributed by atoms with E-state index in [1.165, 1.54) is 62.1 Å². The van der Waals surface area contributed by atoms with Crippen molar-refractivity contribution >= 4 is 23.1 Å². The maximum atomic E-state index is 6.30. The van der Waals surface area contributed by atoms with Gasteiger partial charge in [0.1, 0.15) is 5.82 Å². The zero-order chi connectivity index (χ0) is 17.9. The summed E-state index contributed by atoms with van der Waals surface area (Å²) in [7, 11) is 0. The standard InChI is InChI=1S/C22H28ClN3/c1-2-3-13-25-14-10-20(11-15-25)26-21-9-8-19(23)16-18(21)7-6-17-5-4-12-24-22(17)26/h4-5,8-9,12,16,20H,2-3,6-7,10-11,13-15H2,1H3. The van der Waals surface area contributed by atoms with Gasteiger partial charge >= 0.3 is 0 Å². The number of hydrogen-bond acceptors (Lipinski definition) is 3. The highest BCUT2D eigenvalue weighted by Gasteiger charge is 2.30. The number of aromatic nitrogens is 1. The Labute approximate surface area is 162 Å². The van der Waals surface area contributed by atoms with Crippen LogP contribution < -0.4 is 4.90 Å². The lowest BCUT2D eigenvalue weighted by Gasteiger charge is -2.40. The van der Waals surface area contributed by atoms with Gasteiger partial charge in [-0.15, -0.1) is 0 Å². The van der Waals surface area contributed by atoms with E-state index in [4.69, 9.17) is 16.6 Å². The van der Waals surface area contributed by atoms with Crippen LogP contribution in [0.5, 0.6) is 0 Å². The van der Waals surface area contributed by atoms with E-state index in [9.17, 15) is 0 Å². The lowest BCUT2D eigenvalue weighted by Crippen LogP contribution is -2.44. The van der Waals surface area contributed by atoms with Gasteiger partial charge in [-0.2, -0.15) is 0 Å². The lowest BCUT2D eigenvalue weighted by atomic mass is 10.0. The van der Waals surface area contributed by atoms with Crippen LogP contribution in [0, 0.1) is 0 Å². The number of nitrogens with zero attached hydrogens (tertiary/aromatic N) is 3. The second kappa shape index (κ2) is 7.98. The number of fused-ring (bicyclic) bond motifs is 2. The molecule has 0 unspecified atom stereocenters. The summed E-state index contributed by atoms with van der Waals surface area (Å²) >= 11 is 6.30. The number of hydrogen-bond donors (Lipinski definition) is 0. The number of likely N-dealkylation sites (tertiary alicyclic amines) is 1. The van der Waals surface area contributed by atoms with Crippen molar-refractivity contribution in [3.8, 4) is 0 Å². The molecule has 2 aliphatic heterocycles. The fraction of sp³-hybridized carbons (Fsp3) is 0.500. The van der Waals surface area contributed by atoms with E-state index in [0.717, 1.165) is 23.7 Å². The Balaban J connectivity index is 1.64. The molecule has 1 saturated heterocycles. The summed E-state index contributed by atoms with van der Waals surface area (Å²) in [5.74, 6) is 1.15. The first-order valence-electron chi connectivity index (χ1n) is 10.00. The number of rotatable bonds is 4. The van der Waals surface area contributed by atoms with Gasteiger partial charge < -0.3 is 9.80 Å². The molecule has 1 aromatic carbocycles. The molecule has 4 heteroatoms. The third-order valence-corrected chi connectivity index (χ3v) is 6.05. The summed E-state index contributed by atoms with van der Waals surface area (Å²) in [5.41, 5.74) is 4.01. The Kier molecular flexibility index (Phi) is 5.46. The van der Waals surface area contributed by atoms with Gasteiger partial charge in [0.15, 0.2) is 0 Å². The molecular weight excluding hydrogens is 342 g/mol. The highest BCUT2D eigenvalue weighted by Crippen LogP contribution is 2.39. The van der Waals surface area contributed by atoms with E-state index in [-0.39, 0.29) is 0 Å². The minimum Gasteiger partial charge on any atom is -0.323 e. The predicted molar refractivity (Wildman–Crippen MR) is 110 cm³/mol. The normalized spacial score (nSPS) is 18.3. The summed E-state index contributed by atoms with van der Waals surface area (Å²) in [6.45, 7) is 5.89. The van der Waals surface area contributed by atoms with Gasteiger partial charge in [-0.1, -0.05) is 31.0 Å².